The molecule has 0 amide bonds. The molecule has 4 heterocycles. The minimum atomic E-state index is -2.91. The van der Waals surface area contributed by atoms with Gasteiger partial charge in [-0.3, -0.25) is 9.13 Å². The van der Waals surface area contributed by atoms with Gasteiger partial charge in [0.05, 0.1) is 30.1 Å². The third kappa shape index (κ3) is 4.32. The summed E-state index contributed by atoms with van der Waals surface area (Å²) < 4.78 is 54.4. The number of hydrogen-bond donors (Lipinski definition) is 0. The van der Waals surface area contributed by atoms with Gasteiger partial charge in [0.2, 0.25) is 5.89 Å². The number of hydrogen-bond acceptors (Lipinski definition) is 6. The molecule has 0 N–H and O–H groups in total. The summed E-state index contributed by atoms with van der Waals surface area (Å²) in [5, 5.41) is 6.86. The Labute approximate surface area is 214 Å². The summed E-state index contributed by atoms with van der Waals surface area (Å²) in [7, 11) is 2.06. The van der Waals surface area contributed by atoms with Crippen LogP contribution in [0.1, 0.15) is 36.8 Å². The van der Waals surface area contributed by atoms with Gasteiger partial charge in [-0.15, -0.1) is 10.2 Å². The van der Waals surface area contributed by atoms with Gasteiger partial charge in [-0.05, 0) is 68.9 Å². The topological polar surface area (TPSA) is 82.2 Å². The number of piperidine rings is 1. The van der Waals surface area contributed by atoms with E-state index in [2.05, 4.69) is 22.1 Å². The van der Waals surface area contributed by atoms with Crippen molar-refractivity contribution in [1.82, 2.24) is 24.2 Å². The number of rotatable bonds is 6. The summed E-state index contributed by atoms with van der Waals surface area (Å²) in [5.74, 6) is -1.64. The monoisotopic (exact) mass is 523 g/mol. The summed E-state index contributed by atoms with van der Waals surface area (Å²) >= 11 is 0. The van der Waals surface area contributed by atoms with Crippen LogP contribution in [0.2, 0.25) is 0 Å². The number of furan rings is 1. The van der Waals surface area contributed by atoms with Crippen molar-refractivity contribution >= 4 is 11.0 Å². The van der Waals surface area contributed by atoms with E-state index < -0.39 is 18.1 Å². The van der Waals surface area contributed by atoms with Gasteiger partial charge in [-0.1, -0.05) is 12.1 Å². The van der Waals surface area contributed by atoms with Crippen LogP contribution in [0, 0.1) is 5.82 Å². The number of imidazole rings is 1. The fraction of sp³-hybridized carbons (Fsp3) is 0.296. The molecule has 1 aliphatic heterocycles. The summed E-state index contributed by atoms with van der Waals surface area (Å²) in [6, 6.07) is 11.8. The number of alkyl halides is 2. The molecule has 0 aliphatic carbocycles. The summed E-state index contributed by atoms with van der Waals surface area (Å²) in [5.41, 5.74) is 3.54. The van der Waals surface area contributed by atoms with Crippen LogP contribution < -0.4 is 5.69 Å². The van der Waals surface area contributed by atoms with E-state index in [1.54, 1.807) is 17.1 Å². The van der Waals surface area contributed by atoms with Crippen molar-refractivity contribution in [3.05, 3.63) is 82.7 Å². The molecular weight excluding hydrogens is 499 g/mol. The van der Waals surface area contributed by atoms with Crippen molar-refractivity contribution in [2.24, 2.45) is 0 Å². The maximum atomic E-state index is 15.2. The predicted octanol–water partition coefficient (Wildman–Crippen LogP) is 5.50. The molecule has 1 fully saturated rings. The van der Waals surface area contributed by atoms with Crippen LogP contribution in [-0.4, -0.2) is 44.4 Å². The Morgan fingerprint density at radius 1 is 1.00 bits per heavy atom. The molecule has 1 saturated heterocycles. The number of benzene rings is 2. The molecule has 0 unspecified atom stereocenters. The first kappa shape index (κ1) is 24.2. The molecule has 2 aromatic carbocycles. The van der Waals surface area contributed by atoms with Crippen LogP contribution in [0.5, 0.6) is 0 Å². The molecule has 11 heteroatoms. The first-order valence-corrected chi connectivity index (χ1v) is 12.3. The van der Waals surface area contributed by atoms with E-state index in [4.69, 9.17) is 8.83 Å². The number of nitrogens with zero attached hydrogens (tertiary/aromatic N) is 5. The highest BCUT2D eigenvalue weighted by Crippen LogP contribution is 2.30. The van der Waals surface area contributed by atoms with E-state index in [9.17, 15) is 13.6 Å². The molecule has 38 heavy (non-hydrogen) atoms. The van der Waals surface area contributed by atoms with Crippen molar-refractivity contribution in [3.63, 3.8) is 0 Å². The predicted molar refractivity (Wildman–Crippen MR) is 133 cm³/mol. The second-order valence-corrected chi connectivity index (χ2v) is 9.54. The Kier molecular flexibility index (Phi) is 6.15. The second kappa shape index (κ2) is 9.64. The van der Waals surface area contributed by atoms with Crippen LogP contribution >= 0.6 is 0 Å². The molecule has 5 aromatic rings. The lowest BCUT2D eigenvalue weighted by atomic mass is 10.0. The smallest absolute Gasteiger partial charge is 0.329 e. The first-order valence-electron chi connectivity index (χ1n) is 12.3. The van der Waals surface area contributed by atoms with Gasteiger partial charge in [-0.2, -0.15) is 8.78 Å². The lowest BCUT2D eigenvalue weighted by Crippen LogP contribution is -2.36. The molecular formula is C27H24F3N5O3. The minimum absolute atomic E-state index is 0.00174. The molecule has 1 aliphatic rings. The summed E-state index contributed by atoms with van der Waals surface area (Å²) in [6.07, 6.45) is 2.01. The van der Waals surface area contributed by atoms with Crippen LogP contribution in [0.15, 0.2) is 68.6 Å². The zero-order valence-corrected chi connectivity index (χ0v) is 20.5. The van der Waals surface area contributed by atoms with Gasteiger partial charge < -0.3 is 13.7 Å². The molecule has 196 valence electrons. The van der Waals surface area contributed by atoms with Crippen molar-refractivity contribution in [2.75, 3.05) is 20.1 Å². The molecule has 0 radical (unpaired) electrons. The van der Waals surface area contributed by atoms with E-state index in [0.717, 1.165) is 48.6 Å². The Hall–Kier alpha value is -4.12. The Balaban J connectivity index is 1.40. The quantitative estimate of drug-likeness (QED) is 0.292. The minimum Gasteiger partial charge on any atom is -0.472 e. The Bertz CT molecular complexity index is 1650. The van der Waals surface area contributed by atoms with E-state index in [1.165, 1.54) is 12.1 Å². The van der Waals surface area contributed by atoms with Crippen molar-refractivity contribution in [3.8, 4) is 22.6 Å². The van der Waals surface area contributed by atoms with E-state index >= 15 is 4.39 Å². The molecule has 3 aromatic heterocycles. The molecule has 8 nitrogen and oxygen atoms in total. The van der Waals surface area contributed by atoms with Gasteiger partial charge in [0.15, 0.2) is 0 Å². The Morgan fingerprint density at radius 2 is 1.79 bits per heavy atom. The maximum Gasteiger partial charge on any atom is 0.329 e. The van der Waals surface area contributed by atoms with Crippen LogP contribution in [0.25, 0.3) is 33.6 Å². The number of likely N-dealkylation sites (tertiary alicyclic amines) is 1. The molecule has 6 rings (SSSR count). The van der Waals surface area contributed by atoms with Crippen LogP contribution in [0.4, 0.5) is 13.2 Å². The average molecular weight is 524 g/mol. The molecule has 0 atom stereocenters. The van der Waals surface area contributed by atoms with Crippen molar-refractivity contribution in [2.45, 2.75) is 31.9 Å². The van der Waals surface area contributed by atoms with Gasteiger partial charge >= 0.3 is 12.1 Å². The molecule has 0 spiro atoms. The van der Waals surface area contributed by atoms with Gasteiger partial charge in [0, 0.05) is 22.7 Å². The number of aromatic nitrogens is 4. The number of fused-ring (bicyclic) bond motifs is 1. The third-order valence-electron chi connectivity index (χ3n) is 7.13. The highest BCUT2D eigenvalue weighted by atomic mass is 19.3. The second-order valence-electron chi connectivity index (χ2n) is 9.54. The van der Waals surface area contributed by atoms with Crippen molar-refractivity contribution in [1.29, 1.82) is 0 Å². The van der Waals surface area contributed by atoms with Gasteiger partial charge in [0.1, 0.15) is 5.82 Å². The third-order valence-corrected chi connectivity index (χ3v) is 7.13. The zero-order chi connectivity index (χ0) is 26.4. The zero-order valence-electron chi connectivity index (χ0n) is 20.5. The van der Waals surface area contributed by atoms with Crippen LogP contribution in [0.3, 0.4) is 0 Å². The SMILES string of the molecule is CN1CCC(n2c(=O)n(Cc3ccc(-c4nnc(C(F)F)o4)cc3F)c3ccc(-c4ccoc4)cc32)CC1. The van der Waals surface area contributed by atoms with Gasteiger partial charge in [0.25, 0.3) is 5.89 Å². The van der Waals surface area contributed by atoms with E-state index in [-0.39, 0.29) is 35.3 Å². The van der Waals surface area contributed by atoms with Gasteiger partial charge in [-0.25, -0.2) is 9.18 Å². The van der Waals surface area contributed by atoms with Crippen molar-refractivity contribution < 1.29 is 22.0 Å². The normalized spacial score (nSPS) is 15.2. The molecule has 0 bridgehead atoms. The summed E-state index contributed by atoms with van der Waals surface area (Å²) in [6.45, 7) is 1.76. The fourth-order valence-corrected chi connectivity index (χ4v) is 5.07. The van der Waals surface area contributed by atoms with E-state index in [1.807, 2.05) is 28.8 Å². The van der Waals surface area contributed by atoms with E-state index in [0.29, 0.717) is 5.52 Å². The highest BCUT2D eigenvalue weighted by Gasteiger charge is 2.25. The van der Waals surface area contributed by atoms with Crippen LogP contribution in [-0.2, 0) is 6.54 Å². The Morgan fingerprint density at radius 3 is 2.47 bits per heavy atom. The summed E-state index contributed by atoms with van der Waals surface area (Å²) in [4.78, 5) is 16.0. The first-order chi connectivity index (χ1) is 18.4. The lowest BCUT2D eigenvalue weighted by molar-refractivity contribution is 0.116. The maximum absolute atomic E-state index is 15.2. The molecule has 0 saturated carbocycles. The lowest BCUT2D eigenvalue weighted by Gasteiger charge is -2.29. The standard InChI is InChI=1S/C27H24F3N5O3/c1-33-9-6-20(7-10-33)35-23-13-16(19-8-11-37-15-19)4-5-22(23)34(27(35)36)14-18-3-2-17(12-21(18)28)25-31-32-26(38-25)24(29)30/h2-5,8,11-13,15,20,24H,6-7,9-10,14H2,1H3. The highest BCUT2D eigenvalue weighted by molar-refractivity contribution is 5.83. The average Bonchev–Trinajstić information content (AvgIpc) is 3.66. The largest absolute Gasteiger partial charge is 0.472 e. The fourth-order valence-electron chi connectivity index (χ4n) is 5.07. The number of halogens is 3.